The van der Waals surface area contributed by atoms with Gasteiger partial charge in [0.1, 0.15) is 17.7 Å². The van der Waals surface area contributed by atoms with E-state index in [4.69, 9.17) is 11.2 Å². The first-order chi connectivity index (χ1) is 17.4. The monoisotopic (exact) mass is 513 g/mol. The number of terminal acetylenes is 1. The number of benzene rings is 1. The molecule has 0 fully saturated rings. The number of nitrogens with zero attached hydrogens (tertiary/aromatic N) is 1. The Balaban J connectivity index is 3.53. The van der Waals surface area contributed by atoms with Gasteiger partial charge in [-0.05, 0) is 57.6 Å². The van der Waals surface area contributed by atoms with Crippen LogP contribution in [0.3, 0.4) is 0 Å². The zero-order valence-corrected chi connectivity index (χ0v) is 23.9. The number of carbonyl (C=O) groups excluding carboxylic acids is 3. The minimum atomic E-state index is -0.913. The standard InChI is InChI=1S/C30H47N3O4/c1-9-12-16-20-33(28(35)25(21-22(4)5)32-29(36)37-30(6,7)8)26(27(34)31-19-13-10-2)24-18-15-14-17-23(24)11-3/h3,14-15,17-18,22,25-26H,9-10,12-13,16,19-21H2,1-2,4-8H3,(H,31,34)(H,32,36). The van der Waals surface area contributed by atoms with Gasteiger partial charge in [-0.25, -0.2) is 4.79 Å². The van der Waals surface area contributed by atoms with Gasteiger partial charge in [-0.3, -0.25) is 9.59 Å². The summed E-state index contributed by atoms with van der Waals surface area (Å²) in [5.41, 5.74) is 0.459. The first kappa shape index (κ1) is 32.0. The van der Waals surface area contributed by atoms with Crippen LogP contribution in [0.1, 0.15) is 104 Å². The maximum atomic E-state index is 14.1. The maximum absolute atomic E-state index is 14.1. The molecule has 0 bridgehead atoms. The molecule has 0 spiro atoms. The van der Waals surface area contributed by atoms with Crippen LogP contribution in [-0.4, -0.2) is 47.5 Å². The Morgan fingerprint density at radius 3 is 2.27 bits per heavy atom. The molecule has 1 aromatic rings. The summed E-state index contributed by atoms with van der Waals surface area (Å²) in [7, 11) is 0. The number of alkyl carbamates (subject to hydrolysis) is 1. The van der Waals surface area contributed by atoms with Crippen molar-refractivity contribution in [2.75, 3.05) is 13.1 Å². The highest BCUT2D eigenvalue weighted by Crippen LogP contribution is 2.27. The number of rotatable bonds is 14. The average Bonchev–Trinajstić information content (AvgIpc) is 2.81. The van der Waals surface area contributed by atoms with E-state index in [1.165, 1.54) is 0 Å². The molecule has 206 valence electrons. The van der Waals surface area contributed by atoms with Gasteiger partial charge in [0, 0.05) is 18.7 Å². The van der Waals surface area contributed by atoms with Crippen LogP contribution in [-0.2, 0) is 14.3 Å². The van der Waals surface area contributed by atoms with E-state index in [0.29, 0.717) is 30.6 Å². The van der Waals surface area contributed by atoms with Crippen molar-refractivity contribution >= 4 is 17.9 Å². The molecule has 0 radical (unpaired) electrons. The first-order valence-electron chi connectivity index (χ1n) is 13.6. The van der Waals surface area contributed by atoms with Gasteiger partial charge in [-0.15, -0.1) is 6.42 Å². The summed E-state index contributed by atoms with van der Waals surface area (Å²) in [5.74, 6) is 2.19. The van der Waals surface area contributed by atoms with E-state index in [2.05, 4.69) is 30.4 Å². The van der Waals surface area contributed by atoms with E-state index in [1.54, 1.807) is 37.8 Å². The van der Waals surface area contributed by atoms with Gasteiger partial charge < -0.3 is 20.3 Å². The fourth-order valence-electron chi connectivity index (χ4n) is 4.04. The van der Waals surface area contributed by atoms with E-state index in [9.17, 15) is 14.4 Å². The molecule has 0 saturated heterocycles. The van der Waals surface area contributed by atoms with Crippen molar-refractivity contribution in [1.29, 1.82) is 0 Å². The second-order valence-corrected chi connectivity index (χ2v) is 10.8. The number of carbonyl (C=O) groups is 3. The molecule has 3 amide bonds. The molecule has 0 aliphatic heterocycles. The van der Waals surface area contributed by atoms with Crippen molar-refractivity contribution in [1.82, 2.24) is 15.5 Å². The second-order valence-electron chi connectivity index (χ2n) is 10.8. The molecular weight excluding hydrogens is 466 g/mol. The first-order valence-corrected chi connectivity index (χ1v) is 13.6. The molecule has 1 rings (SSSR count). The number of amides is 3. The van der Waals surface area contributed by atoms with Crippen molar-refractivity contribution < 1.29 is 19.1 Å². The molecule has 37 heavy (non-hydrogen) atoms. The molecule has 2 unspecified atom stereocenters. The molecule has 2 atom stereocenters. The van der Waals surface area contributed by atoms with Gasteiger partial charge >= 0.3 is 6.09 Å². The normalized spacial score (nSPS) is 12.8. The van der Waals surface area contributed by atoms with Crippen LogP contribution in [0.5, 0.6) is 0 Å². The molecular formula is C30H47N3O4. The Kier molecular flexibility index (Phi) is 13.8. The molecule has 7 heteroatoms. The lowest BCUT2D eigenvalue weighted by Crippen LogP contribution is -2.53. The van der Waals surface area contributed by atoms with Gasteiger partial charge in [-0.2, -0.15) is 0 Å². The highest BCUT2D eigenvalue weighted by atomic mass is 16.6. The molecule has 2 N–H and O–H groups in total. The van der Waals surface area contributed by atoms with E-state index >= 15 is 0 Å². The van der Waals surface area contributed by atoms with Gasteiger partial charge in [0.05, 0.1) is 0 Å². The quantitative estimate of drug-likeness (QED) is 0.251. The van der Waals surface area contributed by atoms with Crippen molar-refractivity contribution in [3.8, 4) is 12.3 Å². The molecule has 0 aromatic heterocycles. The lowest BCUT2D eigenvalue weighted by atomic mass is 9.95. The van der Waals surface area contributed by atoms with Gasteiger partial charge in [0.15, 0.2) is 0 Å². The average molecular weight is 514 g/mol. The number of hydrogen-bond donors (Lipinski definition) is 2. The molecule has 0 aliphatic carbocycles. The zero-order valence-electron chi connectivity index (χ0n) is 23.9. The van der Waals surface area contributed by atoms with Gasteiger partial charge in [-0.1, -0.05) is 71.1 Å². The van der Waals surface area contributed by atoms with Gasteiger partial charge in [0.25, 0.3) is 0 Å². The van der Waals surface area contributed by atoms with Crippen molar-refractivity contribution in [2.24, 2.45) is 5.92 Å². The molecule has 0 heterocycles. The van der Waals surface area contributed by atoms with E-state index in [1.807, 2.05) is 26.0 Å². The number of nitrogens with one attached hydrogen (secondary N) is 2. The van der Waals surface area contributed by atoms with Crippen LogP contribution in [0.15, 0.2) is 24.3 Å². The van der Waals surface area contributed by atoms with Crippen LogP contribution in [0.4, 0.5) is 4.79 Å². The van der Waals surface area contributed by atoms with Crippen molar-refractivity contribution in [2.45, 2.75) is 105 Å². The lowest BCUT2D eigenvalue weighted by molar-refractivity contribution is -0.143. The SMILES string of the molecule is C#Cc1ccccc1C(C(=O)NCCCC)N(CCCCC)C(=O)C(CC(C)C)NC(=O)OC(C)(C)C. The number of unbranched alkanes of at least 4 members (excludes halogenated alkanes) is 3. The van der Waals surface area contributed by atoms with Crippen molar-refractivity contribution in [3.63, 3.8) is 0 Å². The fraction of sp³-hybridized carbons (Fsp3) is 0.633. The lowest BCUT2D eigenvalue weighted by Gasteiger charge is -2.35. The number of ether oxygens (including phenoxy) is 1. The van der Waals surface area contributed by atoms with Crippen LogP contribution in [0.25, 0.3) is 0 Å². The zero-order chi connectivity index (χ0) is 28.0. The Morgan fingerprint density at radius 2 is 1.70 bits per heavy atom. The molecule has 0 saturated carbocycles. The summed E-state index contributed by atoms with van der Waals surface area (Å²) < 4.78 is 5.45. The largest absolute Gasteiger partial charge is 0.444 e. The third kappa shape index (κ3) is 11.3. The topological polar surface area (TPSA) is 87.7 Å². The highest BCUT2D eigenvalue weighted by Gasteiger charge is 2.37. The van der Waals surface area contributed by atoms with Gasteiger partial charge in [0.2, 0.25) is 11.8 Å². The van der Waals surface area contributed by atoms with Crippen LogP contribution >= 0.6 is 0 Å². The summed E-state index contributed by atoms with van der Waals surface area (Å²) in [6.07, 6.45) is 9.89. The summed E-state index contributed by atoms with van der Waals surface area (Å²) in [6.45, 7) is 14.3. The van der Waals surface area contributed by atoms with E-state index in [-0.39, 0.29) is 17.7 Å². The van der Waals surface area contributed by atoms with Crippen molar-refractivity contribution in [3.05, 3.63) is 35.4 Å². The minimum Gasteiger partial charge on any atom is -0.444 e. The Morgan fingerprint density at radius 1 is 1.05 bits per heavy atom. The van der Waals surface area contributed by atoms with E-state index in [0.717, 1.165) is 32.1 Å². The Bertz CT molecular complexity index is 914. The van der Waals surface area contributed by atoms with Crippen LogP contribution in [0.2, 0.25) is 0 Å². The smallest absolute Gasteiger partial charge is 0.408 e. The fourth-order valence-corrected chi connectivity index (χ4v) is 4.04. The third-order valence-electron chi connectivity index (χ3n) is 5.78. The summed E-state index contributed by atoms with van der Waals surface area (Å²) >= 11 is 0. The second kappa shape index (κ2) is 16.0. The summed E-state index contributed by atoms with van der Waals surface area (Å²) in [4.78, 5) is 42.1. The predicted molar refractivity (Wildman–Crippen MR) is 149 cm³/mol. The third-order valence-corrected chi connectivity index (χ3v) is 5.78. The van der Waals surface area contributed by atoms with Crippen LogP contribution < -0.4 is 10.6 Å². The highest BCUT2D eigenvalue weighted by molar-refractivity contribution is 5.92. The Labute approximate surface area is 224 Å². The maximum Gasteiger partial charge on any atom is 0.408 e. The predicted octanol–water partition coefficient (Wildman–Crippen LogP) is 5.58. The number of hydrogen-bond acceptors (Lipinski definition) is 4. The minimum absolute atomic E-state index is 0.121. The van der Waals surface area contributed by atoms with Crippen LogP contribution in [0, 0.1) is 18.3 Å². The Hall–Kier alpha value is -3.01. The summed E-state index contributed by atoms with van der Waals surface area (Å²) in [6, 6.07) is 5.46. The van der Waals surface area contributed by atoms with E-state index < -0.39 is 23.8 Å². The summed E-state index contributed by atoms with van der Waals surface area (Å²) in [5, 5.41) is 5.77. The molecule has 7 nitrogen and oxygen atoms in total. The molecule has 1 aromatic carbocycles. The molecule has 0 aliphatic rings.